The van der Waals surface area contributed by atoms with Crippen molar-refractivity contribution in [3.63, 3.8) is 0 Å². The molecule has 1 saturated heterocycles. The Balaban J connectivity index is 2.05. The van der Waals surface area contributed by atoms with Crippen molar-refractivity contribution in [2.45, 2.75) is 11.1 Å². The highest BCUT2D eigenvalue weighted by atomic mass is 35.5. The largest absolute Gasteiger partial charge is 0.300 e. The number of aryl methyl sites for hydroxylation is 1. The molecule has 102 valence electrons. The van der Waals surface area contributed by atoms with Crippen LogP contribution >= 0.6 is 22.9 Å². The van der Waals surface area contributed by atoms with Crippen molar-refractivity contribution >= 4 is 33.0 Å². The number of nitrogens with zero attached hydrogens (tertiary/aromatic N) is 2. The Labute approximate surface area is 117 Å². The van der Waals surface area contributed by atoms with Gasteiger partial charge in [0, 0.05) is 43.5 Å². The second kappa shape index (κ2) is 5.88. The van der Waals surface area contributed by atoms with Gasteiger partial charge in [-0.1, -0.05) is 0 Å². The van der Waals surface area contributed by atoms with Crippen molar-refractivity contribution in [2.24, 2.45) is 0 Å². The monoisotopic (exact) mass is 308 g/mol. The second-order valence-corrected chi connectivity index (χ2v) is 8.13. The fourth-order valence-electron chi connectivity index (χ4n) is 1.99. The van der Waals surface area contributed by atoms with Crippen LogP contribution in [0.15, 0.2) is 16.3 Å². The van der Waals surface area contributed by atoms with Crippen molar-refractivity contribution < 1.29 is 8.42 Å². The summed E-state index contributed by atoms with van der Waals surface area (Å²) in [6.07, 6.45) is 0. The lowest BCUT2D eigenvalue weighted by Gasteiger charge is -2.33. The number of hydrogen-bond donors (Lipinski definition) is 0. The van der Waals surface area contributed by atoms with Gasteiger partial charge in [-0.2, -0.15) is 4.31 Å². The third-order valence-corrected chi connectivity index (χ3v) is 6.58. The third-order valence-electron chi connectivity index (χ3n) is 3.04. The first-order valence-corrected chi connectivity index (χ1v) is 8.68. The Morgan fingerprint density at radius 1 is 1.28 bits per heavy atom. The summed E-state index contributed by atoms with van der Waals surface area (Å²) >= 11 is 7.02. The van der Waals surface area contributed by atoms with E-state index in [1.54, 1.807) is 10.4 Å². The molecule has 2 rings (SSSR count). The standard InChI is InChI=1S/C11H17ClN2O2S2/c1-10-2-3-11(17-10)18(15,16)14-8-6-13(5-4-12)7-9-14/h2-3H,4-9H2,1H3. The molecule has 2 heterocycles. The molecule has 0 atom stereocenters. The molecule has 7 heteroatoms. The Morgan fingerprint density at radius 2 is 1.94 bits per heavy atom. The fraction of sp³-hybridized carbons (Fsp3) is 0.636. The van der Waals surface area contributed by atoms with Crippen LogP contribution in [0, 0.1) is 6.92 Å². The summed E-state index contributed by atoms with van der Waals surface area (Å²) in [5, 5.41) is 0. The van der Waals surface area contributed by atoms with Gasteiger partial charge < -0.3 is 0 Å². The molecule has 0 unspecified atom stereocenters. The van der Waals surface area contributed by atoms with Crippen molar-refractivity contribution in [1.82, 2.24) is 9.21 Å². The summed E-state index contributed by atoms with van der Waals surface area (Å²) in [5.41, 5.74) is 0. The maximum atomic E-state index is 12.4. The molecule has 1 aromatic rings. The molecule has 1 aliphatic heterocycles. The van der Waals surface area contributed by atoms with Crippen LogP contribution in [0.4, 0.5) is 0 Å². The van der Waals surface area contributed by atoms with Crippen molar-refractivity contribution in [1.29, 1.82) is 0 Å². The highest BCUT2D eigenvalue weighted by molar-refractivity contribution is 7.91. The highest BCUT2D eigenvalue weighted by Crippen LogP contribution is 2.24. The van der Waals surface area contributed by atoms with Crippen LogP contribution in [0.5, 0.6) is 0 Å². The van der Waals surface area contributed by atoms with E-state index in [1.807, 2.05) is 13.0 Å². The zero-order valence-corrected chi connectivity index (χ0v) is 12.7. The number of halogens is 1. The summed E-state index contributed by atoms with van der Waals surface area (Å²) in [4.78, 5) is 3.22. The smallest absolute Gasteiger partial charge is 0.252 e. The van der Waals surface area contributed by atoms with Gasteiger partial charge in [-0.05, 0) is 19.1 Å². The molecule has 0 aromatic carbocycles. The van der Waals surface area contributed by atoms with Gasteiger partial charge in [-0.15, -0.1) is 22.9 Å². The first-order valence-electron chi connectivity index (χ1n) is 5.89. The van der Waals surface area contributed by atoms with Gasteiger partial charge in [0.2, 0.25) is 0 Å². The topological polar surface area (TPSA) is 40.6 Å². The molecule has 0 saturated carbocycles. The molecule has 1 aromatic heterocycles. The van der Waals surface area contributed by atoms with E-state index in [1.165, 1.54) is 11.3 Å². The quantitative estimate of drug-likeness (QED) is 0.793. The lowest BCUT2D eigenvalue weighted by atomic mass is 10.4. The Kier molecular flexibility index (Phi) is 4.66. The van der Waals surface area contributed by atoms with Crippen molar-refractivity contribution in [3.05, 3.63) is 17.0 Å². The maximum absolute atomic E-state index is 12.4. The Hall–Kier alpha value is -0.140. The molecule has 0 spiro atoms. The number of rotatable bonds is 4. The van der Waals surface area contributed by atoms with Gasteiger partial charge in [0.25, 0.3) is 10.0 Å². The van der Waals surface area contributed by atoms with E-state index in [2.05, 4.69) is 4.90 Å². The van der Waals surface area contributed by atoms with Crippen LogP contribution in [-0.4, -0.2) is 56.2 Å². The molecule has 0 aliphatic carbocycles. The molecular weight excluding hydrogens is 292 g/mol. The molecular formula is C11H17ClN2O2S2. The van der Waals surface area contributed by atoms with Crippen LogP contribution in [0.1, 0.15) is 4.88 Å². The van der Waals surface area contributed by atoms with Crippen LogP contribution in [-0.2, 0) is 10.0 Å². The second-order valence-electron chi connectivity index (χ2n) is 4.30. The van der Waals surface area contributed by atoms with Gasteiger partial charge in [0.1, 0.15) is 4.21 Å². The highest BCUT2D eigenvalue weighted by Gasteiger charge is 2.29. The lowest BCUT2D eigenvalue weighted by molar-refractivity contribution is 0.197. The average molecular weight is 309 g/mol. The minimum atomic E-state index is -3.29. The summed E-state index contributed by atoms with van der Waals surface area (Å²) in [6, 6.07) is 3.54. The summed E-state index contributed by atoms with van der Waals surface area (Å²) in [5.74, 6) is 0.594. The van der Waals surface area contributed by atoms with E-state index < -0.39 is 10.0 Å². The number of hydrogen-bond acceptors (Lipinski definition) is 4. The van der Waals surface area contributed by atoms with Crippen LogP contribution in [0.3, 0.4) is 0 Å². The fourth-order valence-corrected chi connectivity index (χ4v) is 5.09. The summed E-state index contributed by atoms with van der Waals surface area (Å²) < 4.78 is 26.7. The molecule has 1 aliphatic rings. The van der Waals surface area contributed by atoms with E-state index in [0.29, 0.717) is 23.2 Å². The van der Waals surface area contributed by atoms with Crippen LogP contribution in [0.25, 0.3) is 0 Å². The normalized spacial score (nSPS) is 19.2. The Bertz CT molecular complexity index is 493. The van der Waals surface area contributed by atoms with Crippen molar-refractivity contribution in [3.8, 4) is 0 Å². The van der Waals surface area contributed by atoms with Gasteiger partial charge >= 0.3 is 0 Å². The summed E-state index contributed by atoms with van der Waals surface area (Å²) in [6.45, 7) is 5.37. The molecule has 4 nitrogen and oxygen atoms in total. The minimum Gasteiger partial charge on any atom is -0.300 e. The molecule has 0 bridgehead atoms. The third kappa shape index (κ3) is 3.05. The summed E-state index contributed by atoms with van der Waals surface area (Å²) in [7, 11) is -3.29. The van der Waals surface area contributed by atoms with E-state index in [0.717, 1.165) is 24.5 Å². The maximum Gasteiger partial charge on any atom is 0.252 e. The number of thiophene rings is 1. The van der Waals surface area contributed by atoms with E-state index >= 15 is 0 Å². The number of piperazine rings is 1. The van der Waals surface area contributed by atoms with Gasteiger partial charge in [-0.25, -0.2) is 8.42 Å². The molecule has 18 heavy (non-hydrogen) atoms. The first-order chi connectivity index (χ1) is 8.54. The van der Waals surface area contributed by atoms with Crippen molar-refractivity contribution in [2.75, 3.05) is 38.6 Å². The zero-order chi connectivity index (χ0) is 13.2. The Morgan fingerprint density at radius 3 is 2.44 bits per heavy atom. The number of alkyl halides is 1. The zero-order valence-electron chi connectivity index (χ0n) is 10.3. The minimum absolute atomic E-state index is 0.450. The van der Waals surface area contributed by atoms with E-state index in [9.17, 15) is 8.42 Å². The predicted molar refractivity (Wildman–Crippen MR) is 75.0 cm³/mol. The lowest BCUT2D eigenvalue weighted by Crippen LogP contribution is -2.48. The van der Waals surface area contributed by atoms with Crippen LogP contribution < -0.4 is 0 Å². The molecule has 1 fully saturated rings. The predicted octanol–water partition coefficient (Wildman–Crippen LogP) is 1.60. The van der Waals surface area contributed by atoms with Gasteiger partial charge in [0.15, 0.2) is 0 Å². The van der Waals surface area contributed by atoms with E-state index in [4.69, 9.17) is 11.6 Å². The van der Waals surface area contributed by atoms with E-state index in [-0.39, 0.29) is 0 Å². The first kappa shape index (κ1) is 14.3. The SMILES string of the molecule is Cc1ccc(S(=O)(=O)N2CCN(CCCl)CC2)s1. The van der Waals surface area contributed by atoms with Gasteiger partial charge in [-0.3, -0.25) is 4.90 Å². The molecule has 0 radical (unpaired) electrons. The van der Waals surface area contributed by atoms with Crippen LogP contribution in [0.2, 0.25) is 0 Å². The molecule has 0 N–H and O–H groups in total. The molecule has 0 amide bonds. The van der Waals surface area contributed by atoms with Gasteiger partial charge in [0.05, 0.1) is 0 Å². The average Bonchev–Trinajstić information content (AvgIpc) is 2.78. The number of sulfonamides is 1.